The van der Waals surface area contributed by atoms with Gasteiger partial charge in [0.1, 0.15) is 5.82 Å². The molecule has 3 heterocycles. The molecular weight excluding hydrogens is 576 g/mol. The topological polar surface area (TPSA) is 116 Å². The third-order valence-corrected chi connectivity index (χ3v) is 9.31. The van der Waals surface area contributed by atoms with Crippen molar-refractivity contribution < 1.29 is 0 Å². The Morgan fingerprint density at radius 2 is 1.59 bits per heavy atom. The van der Waals surface area contributed by atoms with Gasteiger partial charge >= 0.3 is 5.69 Å². The van der Waals surface area contributed by atoms with E-state index in [1.807, 2.05) is 62.4 Å². The molecule has 0 spiro atoms. The lowest BCUT2D eigenvalue weighted by Crippen LogP contribution is -2.42. The van der Waals surface area contributed by atoms with Gasteiger partial charge in [0.15, 0.2) is 17.0 Å². The van der Waals surface area contributed by atoms with Gasteiger partial charge in [-0.1, -0.05) is 105 Å². The molecule has 0 radical (unpaired) electrons. The van der Waals surface area contributed by atoms with Gasteiger partial charge in [0.25, 0.3) is 5.56 Å². The monoisotopic (exact) mass is 614 g/mol. The maximum atomic E-state index is 14.5. The summed E-state index contributed by atoms with van der Waals surface area (Å²) in [5, 5.41) is 14.5. The molecule has 0 saturated heterocycles. The molecule has 1 atom stereocenters. The van der Waals surface area contributed by atoms with E-state index in [-0.39, 0.29) is 17.2 Å². The van der Waals surface area contributed by atoms with Crippen LogP contribution in [0.15, 0.2) is 88.5 Å². The number of imidazole rings is 1. The molecule has 10 heteroatoms. The molecule has 0 bridgehead atoms. The first-order valence-corrected chi connectivity index (χ1v) is 16.3. The number of hydrogen-bond donors (Lipinski definition) is 1. The summed E-state index contributed by atoms with van der Waals surface area (Å²) in [6.45, 7) is 4.95. The Balaban J connectivity index is 1.36. The van der Waals surface area contributed by atoms with Crippen LogP contribution in [-0.2, 0) is 13.1 Å². The quantitative estimate of drug-likeness (QED) is 0.204. The largest absolute Gasteiger partial charge is 0.333 e. The molecule has 0 amide bonds. The Morgan fingerprint density at radius 1 is 0.870 bits per heavy atom. The van der Waals surface area contributed by atoms with Crippen LogP contribution >= 0.6 is 0 Å². The fraction of sp³-hybridized carbons (Fsp3) is 0.333. The van der Waals surface area contributed by atoms with Crippen molar-refractivity contribution in [3.63, 3.8) is 0 Å². The summed E-state index contributed by atoms with van der Waals surface area (Å²) >= 11 is 0. The highest BCUT2D eigenvalue weighted by Gasteiger charge is 2.28. The molecule has 0 aliphatic heterocycles. The Bertz CT molecular complexity index is 2070. The number of tetrazole rings is 1. The Morgan fingerprint density at radius 3 is 2.28 bits per heavy atom. The van der Waals surface area contributed by atoms with Gasteiger partial charge in [-0.2, -0.15) is 0 Å². The lowest BCUT2D eigenvalue weighted by molar-refractivity contribution is 0.419. The minimum atomic E-state index is -0.422. The molecule has 1 aliphatic carbocycles. The zero-order chi connectivity index (χ0) is 31.6. The number of H-pyrrole nitrogens is 1. The Labute approximate surface area is 266 Å². The third-order valence-electron chi connectivity index (χ3n) is 9.31. The van der Waals surface area contributed by atoms with Crippen molar-refractivity contribution in [2.75, 3.05) is 0 Å². The maximum Gasteiger partial charge on any atom is 0.333 e. The standard InChI is InChI=1S/C36H38N8O2/c1-3-22-42-34-31(35(45)44(36(42)46)24(2)26-12-6-4-7-13-26)43(33(37-34)28-14-8-5-9-15-28)23-25-18-20-27(21-19-25)29-16-10-11-17-30(29)32-38-40-41-39-32/h4,6-7,10-13,16-21,24,28H,3,5,8-9,14-15,22-23H2,1-2H3,(H,38,39,40,41). The van der Waals surface area contributed by atoms with Gasteiger partial charge < -0.3 is 4.57 Å². The fourth-order valence-corrected chi connectivity index (χ4v) is 6.94. The molecule has 3 aromatic carbocycles. The summed E-state index contributed by atoms with van der Waals surface area (Å²) in [4.78, 5) is 33.6. The van der Waals surface area contributed by atoms with E-state index in [4.69, 9.17) is 4.98 Å². The zero-order valence-electron chi connectivity index (χ0n) is 26.3. The van der Waals surface area contributed by atoms with Crippen molar-refractivity contribution in [3.8, 4) is 22.5 Å². The van der Waals surface area contributed by atoms with Gasteiger partial charge in [-0.3, -0.25) is 13.9 Å². The molecule has 1 fully saturated rings. The minimum Gasteiger partial charge on any atom is -0.317 e. The first-order chi connectivity index (χ1) is 22.5. The lowest BCUT2D eigenvalue weighted by atomic mass is 9.88. The van der Waals surface area contributed by atoms with Crippen molar-refractivity contribution in [2.24, 2.45) is 0 Å². The predicted molar refractivity (Wildman–Crippen MR) is 179 cm³/mol. The number of nitrogens with zero attached hydrogens (tertiary/aromatic N) is 7. The average Bonchev–Trinajstić information content (AvgIpc) is 3.77. The van der Waals surface area contributed by atoms with Crippen LogP contribution in [0.4, 0.5) is 0 Å². The van der Waals surface area contributed by atoms with E-state index in [0.717, 1.165) is 65.7 Å². The average molecular weight is 615 g/mol. The molecular formula is C36H38N8O2. The van der Waals surface area contributed by atoms with Crippen LogP contribution in [0.3, 0.4) is 0 Å². The number of rotatable bonds is 9. The summed E-state index contributed by atoms with van der Waals surface area (Å²) in [5.74, 6) is 1.77. The van der Waals surface area contributed by atoms with Crippen molar-refractivity contribution >= 4 is 11.2 Å². The second-order valence-corrected chi connectivity index (χ2v) is 12.3. The first kappa shape index (κ1) is 29.6. The highest BCUT2D eigenvalue weighted by Crippen LogP contribution is 2.34. The van der Waals surface area contributed by atoms with E-state index >= 15 is 0 Å². The molecule has 3 aromatic heterocycles. The van der Waals surface area contributed by atoms with Crippen LogP contribution < -0.4 is 11.2 Å². The number of aryl methyl sites for hydroxylation is 1. The van der Waals surface area contributed by atoms with Crippen molar-refractivity contribution in [2.45, 2.75) is 77.4 Å². The first-order valence-electron chi connectivity index (χ1n) is 16.3. The highest BCUT2D eigenvalue weighted by molar-refractivity contribution is 5.80. The second-order valence-electron chi connectivity index (χ2n) is 12.3. The van der Waals surface area contributed by atoms with Crippen LogP contribution in [0, 0.1) is 0 Å². The second kappa shape index (κ2) is 12.7. The Kier molecular flexibility index (Phi) is 8.17. The van der Waals surface area contributed by atoms with E-state index in [0.29, 0.717) is 30.1 Å². The zero-order valence-corrected chi connectivity index (χ0v) is 26.3. The predicted octanol–water partition coefficient (Wildman–Crippen LogP) is 6.32. The summed E-state index contributed by atoms with van der Waals surface area (Å²) in [6, 6.07) is 25.8. The molecule has 46 heavy (non-hydrogen) atoms. The van der Waals surface area contributed by atoms with Crippen molar-refractivity contribution in [1.82, 2.24) is 39.3 Å². The number of hydrogen-bond acceptors (Lipinski definition) is 6. The molecule has 234 valence electrons. The van der Waals surface area contributed by atoms with E-state index in [2.05, 4.69) is 55.5 Å². The number of aromatic amines is 1. The summed E-state index contributed by atoms with van der Waals surface area (Å²) in [7, 11) is 0. The van der Waals surface area contributed by atoms with Crippen molar-refractivity contribution in [3.05, 3.63) is 117 Å². The van der Waals surface area contributed by atoms with Crippen LogP contribution in [0.5, 0.6) is 0 Å². The maximum absolute atomic E-state index is 14.5. The molecule has 1 saturated carbocycles. The lowest BCUT2D eigenvalue weighted by Gasteiger charge is -2.22. The van der Waals surface area contributed by atoms with Crippen LogP contribution in [-0.4, -0.2) is 39.3 Å². The normalized spacial score (nSPS) is 14.6. The van der Waals surface area contributed by atoms with E-state index in [1.54, 1.807) is 4.57 Å². The van der Waals surface area contributed by atoms with E-state index in [9.17, 15) is 9.59 Å². The van der Waals surface area contributed by atoms with Gasteiger partial charge in [-0.25, -0.2) is 14.9 Å². The number of nitrogens with one attached hydrogen (secondary N) is 1. The molecule has 6 aromatic rings. The van der Waals surface area contributed by atoms with E-state index < -0.39 is 6.04 Å². The summed E-state index contributed by atoms with van der Waals surface area (Å²) < 4.78 is 5.25. The molecule has 10 nitrogen and oxygen atoms in total. The van der Waals surface area contributed by atoms with Gasteiger partial charge in [-0.15, -0.1) is 5.10 Å². The summed E-state index contributed by atoms with van der Waals surface area (Å²) in [6.07, 6.45) is 6.31. The van der Waals surface area contributed by atoms with Crippen LogP contribution in [0.2, 0.25) is 0 Å². The van der Waals surface area contributed by atoms with Crippen LogP contribution in [0.1, 0.15) is 81.3 Å². The SMILES string of the molecule is CCCn1c(=O)n(C(C)c2ccccc2)c(=O)c2c1nc(C1CCCCC1)n2Cc1ccc(-c2ccccc2-c2nnn[nH]2)cc1. The third kappa shape index (κ3) is 5.37. The van der Waals surface area contributed by atoms with E-state index in [1.165, 1.54) is 11.0 Å². The van der Waals surface area contributed by atoms with Gasteiger partial charge in [-0.05, 0) is 58.9 Å². The molecule has 1 unspecified atom stereocenters. The fourth-order valence-electron chi connectivity index (χ4n) is 6.94. The highest BCUT2D eigenvalue weighted by atomic mass is 16.2. The van der Waals surface area contributed by atoms with Gasteiger partial charge in [0.05, 0.1) is 6.04 Å². The minimum absolute atomic E-state index is 0.243. The van der Waals surface area contributed by atoms with Crippen LogP contribution in [0.25, 0.3) is 33.7 Å². The van der Waals surface area contributed by atoms with Gasteiger partial charge in [0.2, 0.25) is 0 Å². The number of benzene rings is 3. The molecule has 7 rings (SSSR count). The summed E-state index contributed by atoms with van der Waals surface area (Å²) in [5.41, 5.74) is 5.35. The smallest absolute Gasteiger partial charge is 0.317 e. The Hall–Kier alpha value is -5.12. The molecule has 1 aliphatic rings. The number of fused-ring (bicyclic) bond motifs is 1. The number of aromatic nitrogens is 8. The molecule has 1 N–H and O–H groups in total. The van der Waals surface area contributed by atoms with Gasteiger partial charge in [0, 0.05) is 24.6 Å². The van der Waals surface area contributed by atoms with Crippen molar-refractivity contribution in [1.29, 1.82) is 0 Å².